The molecule has 64 valence electrons. The summed E-state index contributed by atoms with van der Waals surface area (Å²) in [7, 11) is 0. The third kappa shape index (κ3) is 2.69. The normalized spacial score (nSPS) is 9.17. The average molecular weight is 219 g/mol. The lowest BCUT2D eigenvalue weighted by Gasteiger charge is -1.96. The molecule has 0 bridgehead atoms. The second-order valence-electron chi connectivity index (χ2n) is 2.15. The van der Waals surface area contributed by atoms with Gasteiger partial charge in [0.2, 0.25) is 0 Å². The zero-order chi connectivity index (χ0) is 8.81. The van der Waals surface area contributed by atoms with Gasteiger partial charge in [-0.25, -0.2) is 0 Å². The Morgan fingerprint density at radius 2 is 2.50 bits per heavy atom. The van der Waals surface area contributed by atoms with Gasteiger partial charge in [-0.2, -0.15) is 0 Å². The van der Waals surface area contributed by atoms with Crippen LogP contribution in [0.15, 0.2) is 28.8 Å². The van der Waals surface area contributed by atoms with Crippen LogP contribution in [0.4, 0.5) is 0 Å². The molecule has 0 amide bonds. The Kier molecular flexibility index (Phi) is 4.49. The van der Waals surface area contributed by atoms with Gasteiger partial charge >= 0.3 is 0 Å². The van der Waals surface area contributed by atoms with Crippen LogP contribution in [-0.2, 0) is 0 Å². The standard InChI is InChI=1S/C9H8Cl2S/c10-5-3-8(4-6-11)9-2-1-7-12-9/h1-2,6-7H,3,5H2. The van der Waals surface area contributed by atoms with Gasteiger partial charge in [-0.3, -0.25) is 0 Å². The Labute approximate surface area is 86.1 Å². The smallest absolute Gasteiger partial charge is 0.0466 e. The summed E-state index contributed by atoms with van der Waals surface area (Å²) in [5.41, 5.74) is 5.45. The SMILES string of the molecule is ClC=C=C(CCCl)c1cccs1. The number of alkyl halides is 1. The molecule has 3 heteroatoms. The topological polar surface area (TPSA) is 0 Å². The average Bonchev–Trinajstić information content (AvgIpc) is 2.56. The second-order valence-corrected chi connectivity index (χ2v) is 3.69. The van der Waals surface area contributed by atoms with Crippen molar-refractivity contribution in [1.29, 1.82) is 0 Å². The fraction of sp³-hybridized carbons (Fsp3) is 0.222. The van der Waals surface area contributed by atoms with Crippen molar-refractivity contribution in [3.63, 3.8) is 0 Å². The molecule has 0 radical (unpaired) electrons. The molecule has 1 heterocycles. The maximum Gasteiger partial charge on any atom is 0.0466 e. The lowest BCUT2D eigenvalue weighted by molar-refractivity contribution is 1.27. The van der Waals surface area contributed by atoms with Gasteiger partial charge in [0.05, 0.1) is 0 Å². The van der Waals surface area contributed by atoms with E-state index < -0.39 is 0 Å². The molecule has 0 aliphatic carbocycles. The van der Waals surface area contributed by atoms with Gasteiger partial charge < -0.3 is 0 Å². The lowest BCUT2D eigenvalue weighted by Crippen LogP contribution is -1.79. The Bertz CT molecular complexity index is 281. The van der Waals surface area contributed by atoms with Crippen molar-refractivity contribution in [3.05, 3.63) is 33.7 Å². The maximum absolute atomic E-state index is 5.64. The molecule has 0 aliphatic rings. The first-order valence-corrected chi connectivity index (χ1v) is 5.37. The highest BCUT2D eigenvalue weighted by atomic mass is 35.5. The van der Waals surface area contributed by atoms with Crippen LogP contribution >= 0.6 is 34.5 Å². The lowest BCUT2D eigenvalue weighted by atomic mass is 10.2. The third-order valence-electron chi connectivity index (χ3n) is 1.39. The van der Waals surface area contributed by atoms with Crippen molar-refractivity contribution >= 4 is 40.1 Å². The van der Waals surface area contributed by atoms with E-state index in [0.717, 1.165) is 12.0 Å². The van der Waals surface area contributed by atoms with E-state index in [4.69, 9.17) is 23.2 Å². The van der Waals surface area contributed by atoms with E-state index in [2.05, 4.69) is 5.73 Å². The predicted molar refractivity (Wildman–Crippen MR) is 57.0 cm³/mol. The highest BCUT2D eigenvalue weighted by Crippen LogP contribution is 2.22. The highest BCUT2D eigenvalue weighted by molar-refractivity contribution is 7.11. The van der Waals surface area contributed by atoms with Gasteiger partial charge in [-0.05, 0) is 17.9 Å². The summed E-state index contributed by atoms with van der Waals surface area (Å²) in [4.78, 5) is 1.19. The zero-order valence-corrected chi connectivity index (χ0v) is 8.72. The molecule has 0 aromatic carbocycles. The quantitative estimate of drug-likeness (QED) is 0.530. The minimum atomic E-state index is 0.602. The van der Waals surface area contributed by atoms with Crippen molar-refractivity contribution in [3.8, 4) is 0 Å². The van der Waals surface area contributed by atoms with Crippen LogP contribution in [-0.4, -0.2) is 5.88 Å². The van der Waals surface area contributed by atoms with E-state index in [0.29, 0.717) is 5.88 Å². The van der Waals surface area contributed by atoms with Crippen molar-refractivity contribution < 1.29 is 0 Å². The maximum atomic E-state index is 5.64. The Balaban J connectivity index is 2.89. The molecule has 0 saturated carbocycles. The van der Waals surface area contributed by atoms with Crippen LogP contribution < -0.4 is 0 Å². The van der Waals surface area contributed by atoms with Gasteiger partial charge in [0.25, 0.3) is 0 Å². The molecule has 1 aromatic heterocycles. The third-order valence-corrected chi connectivity index (χ3v) is 2.62. The minimum absolute atomic E-state index is 0.602. The number of thiophene rings is 1. The minimum Gasteiger partial charge on any atom is -0.144 e. The largest absolute Gasteiger partial charge is 0.144 e. The van der Waals surface area contributed by atoms with E-state index in [1.165, 1.54) is 10.4 Å². The van der Waals surface area contributed by atoms with Gasteiger partial charge in [0.1, 0.15) is 0 Å². The van der Waals surface area contributed by atoms with Crippen LogP contribution in [0.3, 0.4) is 0 Å². The van der Waals surface area contributed by atoms with Gasteiger partial charge in [-0.15, -0.1) is 28.7 Å². The summed E-state index contributed by atoms with van der Waals surface area (Å²) >= 11 is 12.8. The van der Waals surface area contributed by atoms with Crippen LogP contribution in [0.1, 0.15) is 11.3 Å². The van der Waals surface area contributed by atoms with Crippen LogP contribution in [0.5, 0.6) is 0 Å². The summed E-state index contributed by atoms with van der Waals surface area (Å²) in [6.07, 6.45) is 0.811. The molecule has 1 rings (SSSR count). The zero-order valence-electron chi connectivity index (χ0n) is 6.39. The summed E-state index contributed by atoms with van der Waals surface area (Å²) in [5, 5.41) is 2.03. The van der Waals surface area contributed by atoms with Crippen molar-refractivity contribution in [2.75, 3.05) is 5.88 Å². The second kappa shape index (κ2) is 5.45. The molecule has 0 unspecified atom stereocenters. The Morgan fingerprint density at radius 1 is 1.67 bits per heavy atom. The number of rotatable bonds is 3. The predicted octanol–water partition coefficient (Wildman–Crippen LogP) is 4.11. The summed E-state index contributed by atoms with van der Waals surface area (Å²) in [5.74, 6) is 0.602. The first-order chi connectivity index (χ1) is 5.88. The molecule has 0 fully saturated rings. The van der Waals surface area contributed by atoms with E-state index in [1.54, 1.807) is 11.3 Å². The van der Waals surface area contributed by atoms with E-state index in [-0.39, 0.29) is 0 Å². The fourth-order valence-corrected chi connectivity index (χ4v) is 1.96. The number of hydrogen-bond donors (Lipinski definition) is 0. The first kappa shape index (κ1) is 9.88. The molecule has 0 atom stereocenters. The van der Waals surface area contributed by atoms with E-state index >= 15 is 0 Å². The summed E-state index contributed by atoms with van der Waals surface area (Å²) in [6, 6.07) is 4.05. The molecule has 12 heavy (non-hydrogen) atoms. The molecule has 0 N–H and O–H groups in total. The van der Waals surface area contributed by atoms with Crippen LogP contribution in [0.25, 0.3) is 5.57 Å². The van der Waals surface area contributed by atoms with Crippen molar-refractivity contribution in [2.45, 2.75) is 6.42 Å². The molecular formula is C9H8Cl2S. The van der Waals surface area contributed by atoms with Gasteiger partial charge in [0.15, 0.2) is 0 Å². The van der Waals surface area contributed by atoms with Crippen LogP contribution in [0.2, 0.25) is 0 Å². The number of allylic oxidation sites excluding steroid dienone is 1. The van der Waals surface area contributed by atoms with E-state index in [9.17, 15) is 0 Å². The van der Waals surface area contributed by atoms with E-state index in [1.807, 2.05) is 17.5 Å². The highest BCUT2D eigenvalue weighted by Gasteiger charge is 1.99. The van der Waals surface area contributed by atoms with Crippen molar-refractivity contribution in [2.24, 2.45) is 0 Å². The molecule has 0 aliphatic heterocycles. The summed E-state index contributed by atoms with van der Waals surface area (Å²) in [6.45, 7) is 0. The van der Waals surface area contributed by atoms with Crippen molar-refractivity contribution in [1.82, 2.24) is 0 Å². The molecule has 0 spiro atoms. The Morgan fingerprint density at radius 3 is 3.00 bits per heavy atom. The van der Waals surface area contributed by atoms with Crippen LogP contribution in [0, 0.1) is 0 Å². The Hall–Kier alpha value is -0.200. The summed E-state index contributed by atoms with van der Waals surface area (Å²) < 4.78 is 0. The number of hydrogen-bond acceptors (Lipinski definition) is 1. The van der Waals surface area contributed by atoms with Gasteiger partial charge in [-0.1, -0.05) is 17.7 Å². The fourth-order valence-electron chi connectivity index (χ4n) is 0.877. The molecule has 0 saturated heterocycles. The molecular weight excluding hydrogens is 211 g/mol. The molecule has 0 nitrogen and oxygen atoms in total. The monoisotopic (exact) mass is 218 g/mol. The first-order valence-electron chi connectivity index (χ1n) is 3.52. The molecule has 1 aromatic rings. The van der Waals surface area contributed by atoms with Gasteiger partial charge in [0, 0.05) is 21.9 Å². The number of halogens is 2.